The highest BCUT2D eigenvalue weighted by atomic mass is 79.9. The van der Waals surface area contributed by atoms with E-state index in [1.54, 1.807) is 22.9 Å². The fraction of sp³-hybridized carbons (Fsp3) is 0.0833. The molecule has 2 aromatic rings. The van der Waals surface area contributed by atoms with E-state index in [0.717, 1.165) is 0 Å². The molecule has 5 nitrogen and oxygen atoms in total. The Labute approximate surface area is 128 Å². The lowest BCUT2D eigenvalue weighted by Gasteiger charge is -2.10. The highest BCUT2D eigenvalue weighted by molar-refractivity contribution is 9.10. The molecule has 0 saturated carbocycles. The SMILES string of the molecule is COC(=O)c1ccccc1S(=O)(=O)Nc1cscc1Br. The van der Waals surface area contributed by atoms with Crippen molar-refractivity contribution < 1.29 is 17.9 Å². The van der Waals surface area contributed by atoms with Crippen LogP contribution in [0.15, 0.2) is 44.4 Å². The van der Waals surface area contributed by atoms with Crippen molar-refractivity contribution >= 4 is 48.9 Å². The third-order valence-corrected chi connectivity index (χ3v) is 5.57. The van der Waals surface area contributed by atoms with Crippen molar-refractivity contribution in [1.29, 1.82) is 0 Å². The largest absolute Gasteiger partial charge is 0.465 e. The predicted octanol–water partition coefficient (Wildman–Crippen LogP) is 3.10. The molecule has 0 atom stereocenters. The molecular weight excluding hydrogens is 366 g/mol. The molecule has 2 rings (SSSR count). The van der Waals surface area contributed by atoms with E-state index >= 15 is 0 Å². The van der Waals surface area contributed by atoms with Crippen LogP contribution in [0.2, 0.25) is 0 Å². The van der Waals surface area contributed by atoms with Crippen LogP contribution >= 0.6 is 27.3 Å². The van der Waals surface area contributed by atoms with Gasteiger partial charge in [-0.05, 0) is 28.1 Å². The first-order chi connectivity index (χ1) is 9.45. The van der Waals surface area contributed by atoms with Crippen LogP contribution in [-0.2, 0) is 14.8 Å². The van der Waals surface area contributed by atoms with Gasteiger partial charge in [-0.15, -0.1) is 11.3 Å². The van der Waals surface area contributed by atoms with E-state index in [-0.39, 0.29) is 10.5 Å². The van der Waals surface area contributed by atoms with Crippen LogP contribution < -0.4 is 4.72 Å². The van der Waals surface area contributed by atoms with Gasteiger partial charge in [0.2, 0.25) is 0 Å². The number of carbonyl (C=O) groups is 1. The quantitative estimate of drug-likeness (QED) is 0.833. The fourth-order valence-electron chi connectivity index (χ4n) is 1.53. The molecule has 8 heteroatoms. The maximum Gasteiger partial charge on any atom is 0.339 e. The molecule has 1 heterocycles. The van der Waals surface area contributed by atoms with Gasteiger partial charge < -0.3 is 4.74 Å². The number of benzene rings is 1. The van der Waals surface area contributed by atoms with E-state index in [1.807, 2.05) is 0 Å². The highest BCUT2D eigenvalue weighted by Gasteiger charge is 2.23. The van der Waals surface area contributed by atoms with Gasteiger partial charge in [0.25, 0.3) is 10.0 Å². The standard InChI is InChI=1S/C12H10BrNO4S2/c1-18-12(15)8-4-2-3-5-11(8)20(16,17)14-10-7-19-6-9(10)13/h2-7,14H,1H3. The Bertz CT molecular complexity index is 739. The number of methoxy groups -OCH3 is 1. The number of halogens is 1. The molecule has 0 aliphatic rings. The second-order valence-corrected chi connectivity index (χ2v) is 6.98. The van der Waals surface area contributed by atoms with Gasteiger partial charge in [0.05, 0.1) is 22.8 Å². The first-order valence-corrected chi connectivity index (χ1v) is 8.59. The minimum Gasteiger partial charge on any atom is -0.465 e. The maximum atomic E-state index is 12.4. The molecule has 20 heavy (non-hydrogen) atoms. The summed E-state index contributed by atoms with van der Waals surface area (Å²) in [6.07, 6.45) is 0. The minimum atomic E-state index is -3.87. The van der Waals surface area contributed by atoms with Crippen molar-refractivity contribution in [2.75, 3.05) is 11.8 Å². The van der Waals surface area contributed by atoms with E-state index in [4.69, 9.17) is 0 Å². The predicted molar refractivity (Wildman–Crippen MR) is 80.6 cm³/mol. The van der Waals surface area contributed by atoms with Gasteiger partial charge in [0, 0.05) is 10.8 Å². The first-order valence-electron chi connectivity index (χ1n) is 5.37. The zero-order valence-electron chi connectivity index (χ0n) is 10.3. The molecule has 0 aliphatic heterocycles. The Hall–Kier alpha value is -1.38. The van der Waals surface area contributed by atoms with Gasteiger partial charge in [0.1, 0.15) is 4.90 Å². The summed E-state index contributed by atoms with van der Waals surface area (Å²) in [7, 11) is -2.66. The van der Waals surface area contributed by atoms with Crippen molar-refractivity contribution in [2.24, 2.45) is 0 Å². The van der Waals surface area contributed by atoms with E-state index in [1.165, 1.54) is 30.6 Å². The van der Waals surface area contributed by atoms with E-state index < -0.39 is 16.0 Å². The molecule has 0 radical (unpaired) electrons. The van der Waals surface area contributed by atoms with Crippen LogP contribution in [0.3, 0.4) is 0 Å². The summed E-state index contributed by atoms with van der Waals surface area (Å²) in [5.41, 5.74) is 0.420. The number of sulfonamides is 1. The number of hydrogen-bond acceptors (Lipinski definition) is 5. The highest BCUT2D eigenvalue weighted by Crippen LogP contribution is 2.29. The summed E-state index contributed by atoms with van der Waals surface area (Å²) in [6.45, 7) is 0. The van der Waals surface area contributed by atoms with Crippen LogP contribution in [0, 0.1) is 0 Å². The summed E-state index contributed by atoms with van der Waals surface area (Å²) in [5.74, 6) is -0.699. The molecule has 0 amide bonds. The fourth-order valence-corrected chi connectivity index (χ4v) is 4.33. The number of nitrogens with one attached hydrogen (secondary N) is 1. The molecule has 1 N–H and O–H groups in total. The number of esters is 1. The van der Waals surface area contributed by atoms with Crippen molar-refractivity contribution in [3.8, 4) is 0 Å². The number of rotatable bonds is 4. The summed E-state index contributed by atoms with van der Waals surface area (Å²) in [5, 5.41) is 3.41. The molecule has 0 saturated heterocycles. The average Bonchev–Trinajstić information content (AvgIpc) is 2.83. The molecule has 1 aromatic carbocycles. The van der Waals surface area contributed by atoms with Gasteiger partial charge in [0.15, 0.2) is 0 Å². The smallest absolute Gasteiger partial charge is 0.339 e. The number of ether oxygens (including phenoxy) is 1. The van der Waals surface area contributed by atoms with Gasteiger partial charge >= 0.3 is 5.97 Å². The van der Waals surface area contributed by atoms with Crippen LogP contribution in [0.25, 0.3) is 0 Å². The van der Waals surface area contributed by atoms with Crippen LogP contribution in [0.1, 0.15) is 10.4 Å². The zero-order chi connectivity index (χ0) is 14.8. The lowest BCUT2D eigenvalue weighted by molar-refractivity contribution is 0.0596. The third-order valence-electron chi connectivity index (χ3n) is 2.44. The summed E-state index contributed by atoms with van der Waals surface area (Å²) >= 11 is 4.60. The topological polar surface area (TPSA) is 72.5 Å². The van der Waals surface area contributed by atoms with Crippen molar-refractivity contribution in [1.82, 2.24) is 0 Å². The van der Waals surface area contributed by atoms with Crippen molar-refractivity contribution in [3.05, 3.63) is 45.1 Å². The summed E-state index contributed by atoms with van der Waals surface area (Å²) in [6, 6.07) is 5.88. The first kappa shape index (κ1) is 15.0. The van der Waals surface area contributed by atoms with Crippen LogP contribution in [0.4, 0.5) is 5.69 Å². The second-order valence-electron chi connectivity index (χ2n) is 3.73. The summed E-state index contributed by atoms with van der Waals surface area (Å²) < 4.78 is 32.4. The Morgan fingerprint density at radius 2 is 2.00 bits per heavy atom. The van der Waals surface area contributed by atoms with Gasteiger partial charge in [-0.2, -0.15) is 0 Å². The Morgan fingerprint density at radius 1 is 1.30 bits per heavy atom. The molecule has 1 aromatic heterocycles. The lowest BCUT2D eigenvalue weighted by Crippen LogP contribution is -2.17. The Balaban J connectivity index is 2.45. The van der Waals surface area contributed by atoms with E-state index in [0.29, 0.717) is 10.2 Å². The average molecular weight is 376 g/mol. The normalized spacial score (nSPS) is 11.1. The third kappa shape index (κ3) is 3.02. The number of carbonyl (C=O) groups excluding carboxylic acids is 1. The molecule has 0 spiro atoms. The van der Waals surface area contributed by atoms with Gasteiger partial charge in [-0.3, -0.25) is 4.72 Å². The zero-order valence-corrected chi connectivity index (χ0v) is 13.5. The maximum absolute atomic E-state index is 12.4. The number of thiophene rings is 1. The molecule has 106 valence electrons. The van der Waals surface area contributed by atoms with Crippen LogP contribution in [-0.4, -0.2) is 21.5 Å². The number of anilines is 1. The van der Waals surface area contributed by atoms with E-state index in [9.17, 15) is 13.2 Å². The molecule has 0 unspecified atom stereocenters. The minimum absolute atomic E-state index is 0.00569. The van der Waals surface area contributed by atoms with E-state index in [2.05, 4.69) is 25.4 Å². The molecule has 0 fully saturated rings. The summed E-state index contributed by atoms with van der Waals surface area (Å²) in [4.78, 5) is 11.5. The number of hydrogen-bond donors (Lipinski definition) is 1. The van der Waals surface area contributed by atoms with Crippen molar-refractivity contribution in [3.63, 3.8) is 0 Å². The Kier molecular flexibility index (Phi) is 4.46. The molecular formula is C12H10BrNO4S2. The van der Waals surface area contributed by atoms with Gasteiger partial charge in [-0.25, -0.2) is 13.2 Å². The second kappa shape index (κ2) is 5.94. The Morgan fingerprint density at radius 3 is 2.60 bits per heavy atom. The monoisotopic (exact) mass is 375 g/mol. The molecule has 0 bridgehead atoms. The lowest BCUT2D eigenvalue weighted by atomic mass is 10.2. The molecule has 0 aliphatic carbocycles. The van der Waals surface area contributed by atoms with Crippen LogP contribution in [0.5, 0.6) is 0 Å². The van der Waals surface area contributed by atoms with Gasteiger partial charge in [-0.1, -0.05) is 12.1 Å². The van der Waals surface area contributed by atoms with Crippen molar-refractivity contribution in [2.45, 2.75) is 4.90 Å².